The van der Waals surface area contributed by atoms with Gasteiger partial charge in [-0.15, -0.1) is 11.6 Å². The smallest absolute Gasteiger partial charge is 0.212 e. The molecule has 0 heterocycles. The number of hydrogen-bond donors (Lipinski definition) is 0. The Hall–Kier alpha value is -0.580. The maximum atomic E-state index is 12.1. The molecule has 0 bridgehead atoms. The van der Waals surface area contributed by atoms with Crippen molar-refractivity contribution in [1.82, 2.24) is 4.31 Å². The van der Waals surface area contributed by atoms with E-state index in [0.717, 1.165) is 12.0 Å². The van der Waals surface area contributed by atoms with Crippen molar-refractivity contribution in [1.29, 1.82) is 0 Å². The molecule has 1 aromatic rings. The van der Waals surface area contributed by atoms with Crippen molar-refractivity contribution >= 4 is 21.6 Å². The first-order chi connectivity index (χ1) is 8.10. The summed E-state index contributed by atoms with van der Waals surface area (Å²) in [6, 6.07) is 9.20. The van der Waals surface area contributed by atoms with E-state index in [9.17, 15) is 8.42 Å². The molecule has 3 nitrogen and oxygen atoms in total. The van der Waals surface area contributed by atoms with Crippen molar-refractivity contribution in [3.63, 3.8) is 0 Å². The highest BCUT2D eigenvalue weighted by molar-refractivity contribution is 7.88. The number of benzene rings is 1. The lowest BCUT2D eigenvalue weighted by atomic mass is 10.2. The molecular weight excluding hydrogens is 258 g/mol. The Bertz CT molecular complexity index is 413. The fourth-order valence-electron chi connectivity index (χ4n) is 1.61. The standard InChI is InChI=1S/C12H18ClNO2S/c1-2-9-14(10-8-13)17(15,16)11-12-6-4-3-5-7-12/h3-7H,2,8-11H2,1H3. The van der Waals surface area contributed by atoms with Gasteiger partial charge < -0.3 is 0 Å². The highest BCUT2D eigenvalue weighted by atomic mass is 35.5. The van der Waals surface area contributed by atoms with Gasteiger partial charge in [-0.2, -0.15) is 0 Å². The maximum absolute atomic E-state index is 12.1. The number of rotatable bonds is 7. The summed E-state index contributed by atoms with van der Waals surface area (Å²) >= 11 is 5.63. The van der Waals surface area contributed by atoms with Crippen LogP contribution in [0.3, 0.4) is 0 Å². The molecule has 17 heavy (non-hydrogen) atoms. The van der Waals surface area contributed by atoms with E-state index in [4.69, 9.17) is 11.6 Å². The minimum absolute atomic E-state index is 0.0464. The van der Waals surface area contributed by atoms with Crippen LogP contribution in [0.1, 0.15) is 18.9 Å². The maximum Gasteiger partial charge on any atom is 0.218 e. The van der Waals surface area contributed by atoms with Crippen molar-refractivity contribution in [2.45, 2.75) is 19.1 Å². The van der Waals surface area contributed by atoms with E-state index < -0.39 is 10.0 Å². The fourth-order valence-corrected chi connectivity index (χ4v) is 3.54. The lowest BCUT2D eigenvalue weighted by Gasteiger charge is -2.20. The molecule has 0 fully saturated rings. The Kier molecular flexibility index (Phi) is 5.95. The largest absolute Gasteiger partial charge is 0.218 e. The van der Waals surface area contributed by atoms with E-state index >= 15 is 0 Å². The molecule has 1 rings (SSSR count). The highest BCUT2D eigenvalue weighted by Crippen LogP contribution is 2.11. The fraction of sp³-hybridized carbons (Fsp3) is 0.500. The lowest BCUT2D eigenvalue weighted by Crippen LogP contribution is -2.34. The molecule has 0 atom stereocenters. The van der Waals surface area contributed by atoms with Crippen molar-refractivity contribution in [2.75, 3.05) is 19.0 Å². The molecule has 0 saturated carbocycles. The van der Waals surface area contributed by atoms with Gasteiger partial charge in [-0.3, -0.25) is 0 Å². The van der Waals surface area contributed by atoms with Crippen LogP contribution >= 0.6 is 11.6 Å². The summed E-state index contributed by atoms with van der Waals surface area (Å²) in [6.07, 6.45) is 0.797. The Balaban J connectivity index is 2.78. The van der Waals surface area contributed by atoms with E-state index in [0.29, 0.717) is 19.0 Å². The van der Waals surface area contributed by atoms with Crippen LogP contribution in [0.15, 0.2) is 30.3 Å². The Morgan fingerprint density at radius 3 is 2.35 bits per heavy atom. The third kappa shape index (κ3) is 4.66. The van der Waals surface area contributed by atoms with Gasteiger partial charge in [0.15, 0.2) is 0 Å². The zero-order valence-corrected chi connectivity index (χ0v) is 11.5. The van der Waals surface area contributed by atoms with Gasteiger partial charge in [0.1, 0.15) is 0 Å². The molecule has 0 aliphatic rings. The number of sulfonamides is 1. The molecule has 0 aliphatic carbocycles. The molecule has 0 aromatic heterocycles. The molecule has 0 aliphatic heterocycles. The number of hydrogen-bond acceptors (Lipinski definition) is 2. The summed E-state index contributed by atoms with van der Waals surface area (Å²) in [7, 11) is -3.25. The molecule has 0 spiro atoms. The Labute approximate surface area is 108 Å². The van der Waals surface area contributed by atoms with E-state index in [1.807, 2.05) is 37.3 Å². The van der Waals surface area contributed by atoms with Gasteiger partial charge >= 0.3 is 0 Å². The van der Waals surface area contributed by atoms with Crippen LogP contribution in [0, 0.1) is 0 Å². The highest BCUT2D eigenvalue weighted by Gasteiger charge is 2.20. The molecule has 0 unspecified atom stereocenters. The van der Waals surface area contributed by atoms with Gasteiger partial charge in [0, 0.05) is 19.0 Å². The predicted octanol–water partition coefficient (Wildman–Crippen LogP) is 2.47. The van der Waals surface area contributed by atoms with Crippen LogP contribution < -0.4 is 0 Å². The third-order valence-electron chi connectivity index (χ3n) is 2.39. The van der Waals surface area contributed by atoms with Crippen molar-refractivity contribution in [3.05, 3.63) is 35.9 Å². The molecule has 96 valence electrons. The van der Waals surface area contributed by atoms with Crippen LogP contribution in [0.5, 0.6) is 0 Å². The summed E-state index contributed by atoms with van der Waals surface area (Å²) in [4.78, 5) is 0. The van der Waals surface area contributed by atoms with Crippen LogP contribution in [-0.4, -0.2) is 31.7 Å². The van der Waals surface area contributed by atoms with Crippen molar-refractivity contribution in [3.8, 4) is 0 Å². The third-order valence-corrected chi connectivity index (χ3v) is 4.41. The summed E-state index contributed by atoms with van der Waals surface area (Å²) in [5, 5.41) is 0. The van der Waals surface area contributed by atoms with E-state index in [2.05, 4.69) is 0 Å². The molecule has 0 radical (unpaired) electrons. The zero-order valence-electron chi connectivity index (χ0n) is 9.97. The van der Waals surface area contributed by atoms with Gasteiger partial charge in [0.25, 0.3) is 0 Å². The molecule has 1 aromatic carbocycles. The van der Waals surface area contributed by atoms with Crippen LogP contribution in [0.2, 0.25) is 0 Å². The van der Waals surface area contributed by atoms with Gasteiger partial charge in [-0.25, -0.2) is 12.7 Å². The van der Waals surface area contributed by atoms with E-state index in [-0.39, 0.29) is 5.75 Å². The monoisotopic (exact) mass is 275 g/mol. The average Bonchev–Trinajstić information content (AvgIpc) is 2.29. The first-order valence-electron chi connectivity index (χ1n) is 5.68. The first-order valence-corrected chi connectivity index (χ1v) is 7.82. The molecule has 5 heteroatoms. The van der Waals surface area contributed by atoms with Crippen LogP contribution in [0.25, 0.3) is 0 Å². The summed E-state index contributed by atoms with van der Waals surface area (Å²) in [5.41, 5.74) is 0.808. The number of nitrogens with zero attached hydrogens (tertiary/aromatic N) is 1. The van der Waals surface area contributed by atoms with E-state index in [1.54, 1.807) is 0 Å². The zero-order chi connectivity index (χ0) is 12.7. The van der Waals surface area contributed by atoms with Crippen molar-refractivity contribution < 1.29 is 8.42 Å². The SMILES string of the molecule is CCCN(CCCl)S(=O)(=O)Cc1ccccc1. The summed E-state index contributed by atoms with van der Waals surface area (Å²) in [5.74, 6) is 0.374. The second kappa shape index (κ2) is 6.99. The van der Waals surface area contributed by atoms with Gasteiger partial charge in [-0.05, 0) is 12.0 Å². The van der Waals surface area contributed by atoms with Gasteiger partial charge in [0.05, 0.1) is 5.75 Å². The minimum Gasteiger partial charge on any atom is -0.212 e. The normalized spacial score (nSPS) is 11.9. The molecule has 0 amide bonds. The Morgan fingerprint density at radius 2 is 1.82 bits per heavy atom. The van der Waals surface area contributed by atoms with E-state index in [1.165, 1.54) is 4.31 Å². The quantitative estimate of drug-likeness (QED) is 0.717. The van der Waals surface area contributed by atoms with Crippen LogP contribution in [0.4, 0.5) is 0 Å². The average molecular weight is 276 g/mol. The minimum atomic E-state index is -3.25. The second-order valence-corrected chi connectivity index (χ2v) is 6.18. The van der Waals surface area contributed by atoms with Gasteiger partial charge in [-0.1, -0.05) is 37.3 Å². The predicted molar refractivity (Wildman–Crippen MR) is 71.6 cm³/mol. The number of halogens is 1. The molecular formula is C12H18ClNO2S. The van der Waals surface area contributed by atoms with Crippen molar-refractivity contribution in [2.24, 2.45) is 0 Å². The second-order valence-electron chi connectivity index (χ2n) is 3.83. The Morgan fingerprint density at radius 1 is 1.18 bits per heavy atom. The molecule has 0 saturated heterocycles. The summed E-state index contributed by atoms with van der Waals surface area (Å²) < 4.78 is 25.8. The topological polar surface area (TPSA) is 37.4 Å². The first kappa shape index (κ1) is 14.5. The summed E-state index contributed by atoms with van der Waals surface area (Å²) in [6.45, 7) is 2.87. The number of alkyl halides is 1. The van der Waals surface area contributed by atoms with Gasteiger partial charge in [0.2, 0.25) is 10.0 Å². The van der Waals surface area contributed by atoms with Crippen LogP contribution in [-0.2, 0) is 15.8 Å². The molecule has 0 N–H and O–H groups in total. The lowest BCUT2D eigenvalue weighted by molar-refractivity contribution is 0.428.